The minimum atomic E-state index is -0.155. The van der Waals surface area contributed by atoms with Crippen molar-refractivity contribution in [2.45, 2.75) is 51.6 Å². The highest BCUT2D eigenvalue weighted by molar-refractivity contribution is 5.82. The van der Waals surface area contributed by atoms with Crippen LogP contribution in [0.2, 0.25) is 0 Å². The summed E-state index contributed by atoms with van der Waals surface area (Å²) in [5, 5.41) is 3.02. The smallest absolute Gasteiger partial charge is 0.310 e. The van der Waals surface area contributed by atoms with Crippen LogP contribution >= 0.6 is 0 Å². The molecular weight excluding hydrogens is 244 g/mol. The molecule has 1 aliphatic heterocycles. The topological polar surface area (TPSA) is 58.6 Å². The van der Waals surface area contributed by atoms with Crippen LogP contribution in [0.5, 0.6) is 0 Å². The van der Waals surface area contributed by atoms with E-state index in [9.17, 15) is 9.59 Å². The zero-order valence-corrected chi connectivity index (χ0v) is 11.9. The Morgan fingerprint density at radius 1 is 1.37 bits per heavy atom. The van der Waals surface area contributed by atoms with Crippen molar-refractivity contribution in [2.75, 3.05) is 19.7 Å². The number of hydrogen-bond donors (Lipinski definition) is 1. The molecule has 0 spiro atoms. The highest BCUT2D eigenvalue weighted by atomic mass is 16.5. The fraction of sp³-hybridized carbons (Fsp3) is 0.857. The lowest BCUT2D eigenvalue weighted by atomic mass is 9.97. The molecule has 1 heterocycles. The summed E-state index contributed by atoms with van der Waals surface area (Å²) in [7, 11) is 0. The maximum Gasteiger partial charge on any atom is 0.310 e. The van der Waals surface area contributed by atoms with Gasteiger partial charge in [-0.2, -0.15) is 0 Å². The Morgan fingerprint density at radius 3 is 2.74 bits per heavy atom. The molecule has 0 aromatic heterocycles. The van der Waals surface area contributed by atoms with Crippen LogP contribution < -0.4 is 5.32 Å². The van der Waals surface area contributed by atoms with E-state index in [0.29, 0.717) is 19.2 Å². The van der Waals surface area contributed by atoms with Gasteiger partial charge in [-0.25, -0.2) is 0 Å². The molecule has 19 heavy (non-hydrogen) atoms. The second-order valence-corrected chi connectivity index (χ2v) is 5.54. The largest absolute Gasteiger partial charge is 0.466 e. The monoisotopic (exact) mass is 268 g/mol. The molecule has 0 radical (unpaired) electrons. The summed E-state index contributed by atoms with van der Waals surface area (Å²) in [5.41, 5.74) is 0. The number of hydrogen-bond acceptors (Lipinski definition) is 4. The number of ether oxygens (including phenoxy) is 1. The van der Waals surface area contributed by atoms with E-state index in [-0.39, 0.29) is 23.8 Å². The van der Waals surface area contributed by atoms with Crippen LogP contribution in [0.25, 0.3) is 0 Å². The number of likely N-dealkylation sites (tertiary alicyclic amines) is 1. The summed E-state index contributed by atoms with van der Waals surface area (Å²) in [6.07, 6.45) is 4.02. The van der Waals surface area contributed by atoms with E-state index in [1.54, 1.807) is 0 Å². The van der Waals surface area contributed by atoms with Crippen molar-refractivity contribution in [1.29, 1.82) is 0 Å². The predicted octanol–water partition coefficient (Wildman–Crippen LogP) is 0.929. The highest BCUT2D eigenvalue weighted by Gasteiger charge is 2.33. The fourth-order valence-electron chi connectivity index (χ4n) is 2.53. The first-order chi connectivity index (χ1) is 9.11. The minimum Gasteiger partial charge on any atom is -0.466 e. The van der Waals surface area contributed by atoms with Crippen molar-refractivity contribution < 1.29 is 14.3 Å². The molecule has 1 amide bonds. The van der Waals surface area contributed by atoms with Crippen molar-refractivity contribution in [3.8, 4) is 0 Å². The Morgan fingerprint density at radius 2 is 2.11 bits per heavy atom. The maximum atomic E-state index is 12.0. The number of nitrogens with zero attached hydrogens (tertiary/aromatic N) is 1. The van der Waals surface area contributed by atoms with Gasteiger partial charge in [0.25, 0.3) is 0 Å². The lowest BCUT2D eigenvalue weighted by Crippen LogP contribution is -2.50. The van der Waals surface area contributed by atoms with Crippen molar-refractivity contribution in [2.24, 2.45) is 5.92 Å². The van der Waals surface area contributed by atoms with Gasteiger partial charge in [0.05, 0.1) is 18.6 Å². The van der Waals surface area contributed by atoms with Gasteiger partial charge in [-0.1, -0.05) is 0 Å². The third kappa shape index (κ3) is 3.93. The van der Waals surface area contributed by atoms with E-state index >= 15 is 0 Å². The van der Waals surface area contributed by atoms with Gasteiger partial charge in [0.2, 0.25) is 5.91 Å². The van der Waals surface area contributed by atoms with E-state index < -0.39 is 0 Å². The standard InChI is InChI=1S/C14H24N2O3/c1-3-19-14(18)11-5-4-8-16(9-11)10(2)13(17)15-12-6-7-12/h10-12H,3-9H2,1-2H3,(H,15,17). The van der Waals surface area contributed by atoms with Gasteiger partial charge in [0.1, 0.15) is 0 Å². The third-order valence-corrected chi connectivity index (χ3v) is 3.92. The molecule has 1 saturated heterocycles. The van der Waals surface area contributed by atoms with Crippen LogP contribution in [-0.4, -0.2) is 48.6 Å². The summed E-state index contributed by atoms with van der Waals surface area (Å²) in [4.78, 5) is 25.9. The number of piperidine rings is 1. The fourth-order valence-corrected chi connectivity index (χ4v) is 2.53. The molecular formula is C14H24N2O3. The number of esters is 1. The SMILES string of the molecule is CCOC(=O)C1CCCN(C(C)C(=O)NC2CC2)C1. The van der Waals surface area contributed by atoms with Crippen molar-refractivity contribution in [3.63, 3.8) is 0 Å². The molecule has 5 heteroatoms. The van der Waals surface area contributed by atoms with E-state index in [1.807, 2.05) is 13.8 Å². The molecule has 0 aromatic rings. The molecule has 2 rings (SSSR count). The third-order valence-electron chi connectivity index (χ3n) is 3.92. The van der Waals surface area contributed by atoms with Gasteiger partial charge in [0, 0.05) is 12.6 Å². The lowest BCUT2D eigenvalue weighted by molar-refractivity contribution is -0.151. The van der Waals surface area contributed by atoms with Gasteiger partial charge in [0.15, 0.2) is 0 Å². The van der Waals surface area contributed by atoms with Crippen molar-refractivity contribution >= 4 is 11.9 Å². The molecule has 2 fully saturated rings. The van der Waals surface area contributed by atoms with Crippen LogP contribution in [-0.2, 0) is 14.3 Å². The van der Waals surface area contributed by atoms with Gasteiger partial charge in [-0.05, 0) is 46.1 Å². The first-order valence-corrected chi connectivity index (χ1v) is 7.33. The molecule has 2 atom stereocenters. The average molecular weight is 268 g/mol. The van der Waals surface area contributed by atoms with Gasteiger partial charge >= 0.3 is 5.97 Å². The molecule has 1 N–H and O–H groups in total. The van der Waals surface area contributed by atoms with E-state index in [1.165, 1.54) is 0 Å². The van der Waals surface area contributed by atoms with Crippen LogP contribution in [0.4, 0.5) is 0 Å². The Balaban J connectivity index is 1.84. The number of amides is 1. The Labute approximate surface area is 114 Å². The minimum absolute atomic E-state index is 0.0788. The lowest BCUT2D eigenvalue weighted by Gasteiger charge is -2.35. The normalized spacial score (nSPS) is 25.7. The Hall–Kier alpha value is -1.10. The summed E-state index contributed by atoms with van der Waals surface area (Å²) >= 11 is 0. The summed E-state index contributed by atoms with van der Waals surface area (Å²) < 4.78 is 5.08. The average Bonchev–Trinajstić information content (AvgIpc) is 3.22. The van der Waals surface area contributed by atoms with Crippen LogP contribution in [0, 0.1) is 5.92 Å². The molecule has 1 aliphatic carbocycles. The van der Waals surface area contributed by atoms with Crippen molar-refractivity contribution in [3.05, 3.63) is 0 Å². The Kier molecular flexibility index (Phi) is 4.80. The quantitative estimate of drug-likeness (QED) is 0.754. The van der Waals surface area contributed by atoms with Crippen molar-refractivity contribution in [1.82, 2.24) is 10.2 Å². The molecule has 5 nitrogen and oxygen atoms in total. The van der Waals surface area contributed by atoms with Gasteiger partial charge in [-0.15, -0.1) is 0 Å². The second kappa shape index (κ2) is 6.37. The summed E-state index contributed by atoms with van der Waals surface area (Å²) in [6.45, 7) is 5.69. The first kappa shape index (κ1) is 14.3. The molecule has 108 valence electrons. The van der Waals surface area contributed by atoms with Crippen LogP contribution in [0.1, 0.15) is 39.5 Å². The Bertz CT molecular complexity index is 342. The molecule has 2 unspecified atom stereocenters. The van der Waals surface area contributed by atoms with Gasteiger partial charge < -0.3 is 10.1 Å². The molecule has 1 saturated carbocycles. The summed E-state index contributed by atoms with van der Waals surface area (Å²) in [5.74, 6) is -0.112. The second-order valence-electron chi connectivity index (χ2n) is 5.54. The molecule has 0 bridgehead atoms. The van der Waals surface area contributed by atoms with Crippen LogP contribution in [0.15, 0.2) is 0 Å². The molecule has 0 aromatic carbocycles. The first-order valence-electron chi connectivity index (χ1n) is 7.33. The zero-order chi connectivity index (χ0) is 13.8. The van der Waals surface area contributed by atoms with E-state index in [2.05, 4.69) is 10.2 Å². The summed E-state index contributed by atoms with van der Waals surface area (Å²) in [6, 6.07) is 0.235. The van der Waals surface area contributed by atoms with Gasteiger partial charge in [-0.3, -0.25) is 14.5 Å². The molecule has 2 aliphatic rings. The van der Waals surface area contributed by atoms with Crippen LogP contribution in [0.3, 0.4) is 0 Å². The number of rotatable bonds is 5. The predicted molar refractivity (Wildman–Crippen MR) is 71.6 cm³/mol. The highest BCUT2D eigenvalue weighted by Crippen LogP contribution is 2.22. The number of nitrogens with one attached hydrogen (secondary N) is 1. The maximum absolute atomic E-state index is 12.0. The van der Waals surface area contributed by atoms with E-state index in [4.69, 9.17) is 4.74 Å². The zero-order valence-electron chi connectivity index (χ0n) is 11.9. The number of carbonyl (C=O) groups excluding carboxylic acids is 2. The number of carbonyl (C=O) groups is 2. The van der Waals surface area contributed by atoms with E-state index in [0.717, 1.165) is 32.2 Å².